The summed E-state index contributed by atoms with van der Waals surface area (Å²) in [5.74, 6) is -0.665. The van der Waals surface area contributed by atoms with Gasteiger partial charge in [0.05, 0.1) is 16.1 Å². The molecule has 122 valence electrons. The van der Waals surface area contributed by atoms with Gasteiger partial charge in [-0.25, -0.2) is 0 Å². The van der Waals surface area contributed by atoms with Gasteiger partial charge in [0.2, 0.25) is 5.91 Å². The zero-order valence-corrected chi connectivity index (χ0v) is 14.0. The van der Waals surface area contributed by atoms with E-state index < -0.39 is 0 Å². The Morgan fingerprint density at radius 2 is 1.88 bits per heavy atom. The van der Waals surface area contributed by atoms with Gasteiger partial charge >= 0.3 is 0 Å². The summed E-state index contributed by atoms with van der Waals surface area (Å²) in [5.41, 5.74) is 1.78. The van der Waals surface area contributed by atoms with Crippen molar-refractivity contribution >= 4 is 40.7 Å². The summed E-state index contributed by atoms with van der Waals surface area (Å²) in [4.78, 5) is 23.5. The number of carbonyl (C=O) groups excluding carboxylic acids is 2. The van der Waals surface area contributed by atoms with Crippen molar-refractivity contribution in [1.82, 2.24) is 5.32 Å². The summed E-state index contributed by atoms with van der Waals surface area (Å²) in [5, 5.41) is 14.6. The molecule has 2 aromatic carbocycles. The molecule has 0 fully saturated rings. The van der Waals surface area contributed by atoms with Gasteiger partial charge in [-0.05, 0) is 35.9 Å². The minimum absolute atomic E-state index is 0.210. The second kappa shape index (κ2) is 8.34. The first-order chi connectivity index (χ1) is 11.5. The van der Waals surface area contributed by atoms with Crippen LogP contribution in [0.3, 0.4) is 0 Å². The van der Waals surface area contributed by atoms with Crippen molar-refractivity contribution in [1.29, 1.82) is 5.26 Å². The smallest absolute Gasteiger partial charge is 0.251 e. The minimum Gasteiger partial charge on any atom is -0.348 e. The molecule has 0 aliphatic carbocycles. The van der Waals surface area contributed by atoms with Crippen molar-refractivity contribution in [2.45, 2.75) is 13.0 Å². The Hall–Kier alpha value is -2.55. The average molecular weight is 362 g/mol. The van der Waals surface area contributed by atoms with Gasteiger partial charge in [0, 0.05) is 17.8 Å². The summed E-state index contributed by atoms with van der Waals surface area (Å²) >= 11 is 11.7. The largest absolute Gasteiger partial charge is 0.348 e. The molecular formula is C17H13Cl2N3O2. The van der Waals surface area contributed by atoms with E-state index in [0.29, 0.717) is 21.3 Å². The molecule has 0 spiro atoms. The molecule has 0 saturated carbocycles. The van der Waals surface area contributed by atoms with Gasteiger partial charge in [-0.15, -0.1) is 0 Å². The molecule has 2 aromatic rings. The summed E-state index contributed by atoms with van der Waals surface area (Å²) in [6.45, 7) is 0.279. The summed E-state index contributed by atoms with van der Waals surface area (Å²) < 4.78 is 0. The van der Waals surface area contributed by atoms with E-state index in [1.807, 2.05) is 6.07 Å². The zero-order valence-electron chi connectivity index (χ0n) is 12.5. The van der Waals surface area contributed by atoms with Gasteiger partial charge in [-0.2, -0.15) is 5.26 Å². The summed E-state index contributed by atoms with van der Waals surface area (Å²) in [6, 6.07) is 13.4. The topological polar surface area (TPSA) is 82.0 Å². The molecule has 0 aliphatic heterocycles. The lowest BCUT2D eigenvalue weighted by Crippen LogP contribution is -2.22. The molecular weight excluding hydrogens is 349 g/mol. The van der Waals surface area contributed by atoms with E-state index in [4.69, 9.17) is 28.5 Å². The fraction of sp³-hybridized carbons (Fsp3) is 0.118. The van der Waals surface area contributed by atoms with E-state index in [-0.39, 0.29) is 24.8 Å². The van der Waals surface area contributed by atoms with Gasteiger partial charge in [0.15, 0.2) is 0 Å². The van der Waals surface area contributed by atoms with Crippen LogP contribution in [-0.2, 0) is 11.3 Å². The van der Waals surface area contributed by atoms with Crippen LogP contribution in [0.25, 0.3) is 0 Å². The molecule has 2 rings (SSSR count). The third kappa shape index (κ3) is 4.98. The van der Waals surface area contributed by atoms with Gasteiger partial charge in [-0.1, -0.05) is 35.3 Å². The third-order valence-electron chi connectivity index (χ3n) is 3.09. The van der Waals surface area contributed by atoms with Crippen molar-refractivity contribution < 1.29 is 9.59 Å². The first-order valence-corrected chi connectivity index (χ1v) is 7.74. The maximum Gasteiger partial charge on any atom is 0.251 e. The fourth-order valence-corrected chi connectivity index (χ4v) is 2.26. The van der Waals surface area contributed by atoms with Crippen LogP contribution >= 0.6 is 23.2 Å². The number of anilines is 1. The molecule has 0 unspecified atom stereocenters. The molecule has 0 aromatic heterocycles. The average Bonchev–Trinajstić information content (AvgIpc) is 2.55. The van der Waals surface area contributed by atoms with E-state index in [2.05, 4.69) is 10.6 Å². The molecule has 2 N–H and O–H groups in total. The van der Waals surface area contributed by atoms with Crippen molar-refractivity contribution in [2.75, 3.05) is 5.32 Å². The van der Waals surface area contributed by atoms with Crippen LogP contribution in [0.4, 0.5) is 5.69 Å². The van der Waals surface area contributed by atoms with E-state index in [1.165, 1.54) is 6.07 Å². The molecule has 7 heteroatoms. The molecule has 0 aliphatic rings. The quantitative estimate of drug-likeness (QED) is 0.849. The Bertz CT molecular complexity index is 816. The lowest BCUT2D eigenvalue weighted by molar-refractivity contribution is -0.115. The number of carbonyl (C=O) groups is 2. The second-order valence-corrected chi connectivity index (χ2v) is 5.71. The van der Waals surface area contributed by atoms with Crippen LogP contribution < -0.4 is 10.6 Å². The summed E-state index contributed by atoms with van der Waals surface area (Å²) in [7, 11) is 0. The predicted octanol–water partition coefficient (Wildman–Crippen LogP) is 3.78. The maximum atomic E-state index is 12.1. The van der Waals surface area contributed by atoms with Crippen LogP contribution in [-0.4, -0.2) is 11.8 Å². The molecule has 5 nitrogen and oxygen atoms in total. The highest BCUT2D eigenvalue weighted by Crippen LogP contribution is 2.22. The number of nitrogens with one attached hydrogen (secondary N) is 2. The number of benzene rings is 2. The van der Waals surface area contributed by atoms with Gasteiger partial charge in [0.1, 0.15) is 6.42 Å². The second-order valence-electron chi connectivity index (χ2n) is 4.90. The van der Waals surface area contributed by atoms with E-state index in [9.17, 15) is 9.59 Å². The Labute approximate surface area is 149 Å². The molecule has 0 heterocycles. The first kappa shape index (κ1) is 17.8. The highest BCUT2D eigenvalue weighted by molar-refractivity contribution is 6.42. The normalized spacial score (nSPS) is 9.88. The first-order valence-electron chi connectivity index (χ1n) is 6.98. The van der Waals surface area contributed by atoms with E-state index >= 15 is 0 Å². The molecule has 0 atom stereocenters. The third-order valence-corrected chi connectivity index (χ3v) is 3.82. The summed E-state index contributed by atoms with van der Waals surface area (Å²) in [6.07, 6.45) is -0.210. The van der Waals surface area contributed by atoms with Gasteiger partial charge in [-0.3, -0.25) is 9.59 Å². The monoisotopic (exact) mass is 361 g/mol. The number of hydrogen-bond acceptors (Lipinski definition) is 3. The Morgan fingerprint density at radius 1 is 1.08 bits per heavy atom. The number of hydrogen-bond donors (Lipinski definition) is 2. The maximum absolute atomic E-state index is 12.1. The lowest BCUT2D eigenvalue weighted by Gasteiger charge is -2.08. The van der Waals surface area contributed by atoms with Crippen LogP contribution in [0.2, 0.25) is 10.0 Å². The highest BCUT2D eigenvalue weighted by Gasteiger charge is 2.08. The predicted molar refractivity (Wildman–Crippen MR) is 92.9 cm³/mol. The Morgan fingerprint density at radius 3 is 2.58 bits per heavy atom. The van der Waals surface area contributed by atoms with Crippen molar-refractivity contribution in [2.24, 2.45) is 0 Å². The van der Waals surface area contributed by atoms with Crippen LogP contribution in [0.5, 0.6) is 0 Å². The van der Waals surface area contributed by atoms with Crippen LogP contribution in [0.15, 0.2) is 42.5 Å². The molecule has 2 amide bonds. The Kier molecular flexibility index (Phi) is 6.19. The highest BCUT2D eigenvalue weighted by atomic mass is 35.5. The van der Waals surface area contributed by atoms with Crippen molar-refractivity contribution in [3.8, 4) is 6.07 Å². The number of nitrogens with zero attached hydrogens (tertiary/aromatic N) is 1. The van der Waals surface area contributed by atoms with E-state index in [0.717, 1.165) is 5.56 Å². The standard InChI is InChI=1S/C17H13Cl2N3O2/c18-14-5-4-12(9-15(14)19)17(24)21-10-11-2-1-3-13(8-11)22-16(23)6-7-20/h1-5,8-9H,6,10H2,(H,21,24)(H,22,23). The number of amides is 2. The van der Waals surface area contributed by atoms with Crippen LogP contribution in [0, 0.1) is 11.3 Å². The minimum atomic E-state index is -0.380. The lowest BCUT2D eigenvalue weighted by atomic mass is 10.1. The Balaban J connectivity index is 1.98. The number of halogens is 2. The van der Waals surface area contributed by atoms with E-state index in [1.54, 1.807) is 36.4 Å². The van der Waals surface area contributed by atoms with Gasteiger partial charge in [0.25, 0.3) is 5.91 Å². The van der Waals surface area contributed by atoms with Crippen molar-refractivity contribution in [3.05, 3.63) is 63.6 Å². The SMILES string of the molecule is N#CCC(=O)Nc1cccc(CNC(=O)c2ccc(Cl)c(Cl)c2)c1. The van der Waals surface area contributed by atoms with Crippen LogP contribution in [0.1, 0.15) is 22.3 Å². The number of rotatable bonds is 5. The molecule has 24 heavy (non-hydrogen) atoms. The molecule has 0 saturated heterocycles. The molecule has 0 radical (unpaired) electrons. The number of nitriles is 1. The van der Waals surface area contributed by atoms with Gasteiger partial charge < -0.3 is 10.6 Å². The fourth-order valence-electron chi connectivity index (χ4n) is 1.96. The van der Waals surface area contributed by atoms with Crippen molar-refractivity contribution in [3.63, 3.8) is 0 Å². The zero-order chi connectivity index (χ0) is 17.5. The molecule has 0 bridgehead atoms.